The normalized spacial score (nSPS) is 15.5. The number of nitrogens with zero attached hydrogens (tertiary/aromatic N) is 3. The molecule has 146 valence electrons. The number of nitrogens with one attached hydrogen (secondary N) is 2. The number of piperidine rings is 1. The molecule has 2 amide bonds. The van der Waals surface area contributed by atoms with E-state index >= 15 is 0 Å². The topological polar surface area (TPSA) is 79.3 Å². The monoisotopic (exact) mass is 391 g/mol. The van der Waals surface area contributed by atoms with E-state index in [1.165, 1.54) is 0 Å². The Labute approximate surface area is 165 Å². The van der Waals surface area contributed by atoms with Crippen LogP contribution in [0.4, 0.5) is 0 Å². The van der Waals surface area contributed by atoms with Gasteiger partial charge in [-0.1, -0.05) is 12.1 Å². The summed E-state index contributed by atoms with van der Waals surface area (Å²) in [5.41, 5.74) is 0.959. The van der Waals surface area contributed by atoms with Gasteiger partial charge in [0.2, 0.25) is 0 Å². The lowest BCUT2D eigenvalue weighted by Gasteiger charge is -2.39. The fourth-order valence-corrected chi connectivity index (χ4v) is 3.51. The predicted octanol–water partition coefficient (Wildman–Crippen LogP) is 1.40. The van der Waals surface area contributed by atoms with Gasteiger partial charge >= 0.3 is 0 Å². The third kappa shape index (κ3) is 4.31. The molecule has 2 heterocycles. The summed E-state index contributed by atoms with van der Waals surface area (Å²) in [6.45, 7) is 2.07. The number of halogens is 1. The van der Waals surface area contributed by atoms with E-state index in [-0.39, 0.29) is 24.2 Å². The molecule has 2 N–H and O–H groups in total. The predicted molar refractivity (Wildman–Crippen MR) is 106 cm³/mol. The van der Waals surface area contributed by atoms with Gasteiger partial charge in [-0.25, -0.2) is 0 Å². The van der Waals surface area contributed by atoms with E-state index in [2.05, 4.69) is 15.7 Å². The van der Waals surface area contributed by atoms with Crippen LogP contribution in [0.25, 0.3) is 0 Å². The van der Waals surface area contributed by atoms with Gasteiger partial charge < -0.3 is 15.5 Å². The van der Waals surface area contributed by atoms with Crippen molar-refractivity contribution in [2.45, 2.75) is 24.9 Å². The molecule has 1 aliphatic rings. The highest BCUT2D eigenvalue weighted by atomic mass is 35.5. The number of aromatic nitrogens is 2. The average molecular weight is 392 g/mol. The smallest absolute Gasteiger partial charge is 0.251 e. The van der Waals surface area contributed by atoms with Crippen molar-refractivity contribution in [3.8, 4) is 0 Å². The second kappa shape index (κ2) is 9.01. The van der Waals surface area contributed by atoms with Crippen LogP contribution < -0.4 is 10.6 Å². The average Bonchev–Trinajstić information content (AvgIpc) is 3.23. The summed E-state index contributed by atoms with van der Waals surface area (Å²) in [6.07, 6.45) is 5.02. The number of carbonyl (C=O) groups excluding carboxylic acids is 2. The van der Waals surface area contributed by atoms with Crippen LogP contribution in [0.2, 0.25) is 0 Å². The second-order valence-corrected chi connectivity index (χ2v) is 6.67. The van der Waals surface area contributed by atoms with E-state index in [9.17, 15) is 9.59 Å². The van der Waals surface area contributed by atoms with Gasteiger partial charge in [0, 0.05) is 38.6 Å². The van der Waals surface area contributed by atoms with Crippen LogP contribution in [-0.2, 0) is 16.9 Å². The quantitative estimate of drug-likeness (QED) is 0.807. The number of benzene rings is 1. The molecule has 1 saturated heterocycles. The minimum atomic E-state index is -0.633. The van der Waals surface area contributed by atoms with E-state index in [0.29, 0.717) is 24.9 Å². The molecule has 3 rings (SSSR count). The molecule has 0 spiro atoms. The Kier molecular flexibility index (Phi) is 6.98. The first-order chi connectivity index (χ1) is 12.6. The molecule has 0 saturated carbocycles. The highest BCUT2D eigenvalue weighted by Crippen LogP contribution is 2.29. The zero-order valence-electron chi connectivity index (χ0n) is 15.6. The molecule has 1 aromatic carbocycles. The lowest BCUT2D eigenvalue weighted by molar-refractivity contribution is -0.142. The fraction of sp³-hybridized carbons (Fsp3) is 0.421. The SMILES string of the molecule is CNC(=O)c1ccc(CN(C)C(=O)C2(n3cccn3)CCNCC2)cc1.Cl. The van der Waals surface area contributed by atoms with Gasteiger partial charge in [0.1, 0.15) is 5.54 Å². The molecule has 1 aromatic heterocycles. The molecule has 7 nitrogen and oxygen atoms in total. The largest absolute Gasteiger partial charge is 0.355 e. The molecular weight excluding hydrogens is 366 g/mol. The number of carbonyl (C=O) groups is 2. The first-order valence-electron chi connectivity index (χ1n) is 8.84. The van der Waals surface area contributed by atoms with Crippen molar-refractivity contribution in [3.63, 3.8) is 0 Å². The summed E-state index contributed by atoms with van der Waals surface area (Å²) < 4.78 is 1.81. The van der Waals surface area contributed by atoms with Crippen molar-refractivity contribution in [3.05, 3.63) is 53.9 Å². The maximum absolute atomic E-state index is 13.3. The Morgan fingerprint density at radius 3 is 2.48 bits per heavy atom. The number of amides is 2. The van der Waals surface area contributed by atoms with E-state index in [1.807, 2.05) is 31.4 Å². The standard InChI is InChI=1S/C19H25N5O2.ClH/c1-20-17(25)16-6-4-15(5-7-16)14-23(2)18(26)19(8-11-21-12-9-19)24-13-3-10-22-24;/h3-7,10,13,21H,8-9,11-12,14H2,1-2H3,(H,20,25);1H. The van der Waals surface area contributed by atoms with Crippen molar-refractivity contribution in [2.75, 3.05) is 27.2 Å². The number of hydrogen-bond acceptors (Lipinski definition) is 4. The van der Waals surface area contributed by atoms with E-state index in [1.54, 1.807) is 35.0 Å². The van der Waals surface area contributed by atoms with Gasteiger partial charge in [0.15, 0.2) is 0 Å². The maximum atomic E-state index is 13.3. The molecule has 0 unspecified atom stereocenters. The lowest BCUT2D eigenvalue weighted by atomic mass is 9.86. The van der Waals surface area contributed by atoms with Crippen molar-refractivity contribution in [1.82, 2.24) is 25.3 Å². The highest BCUT2D eigenvalue weighted by molar-refractivity contribution is 5.94. The molecule has 1 aliphatic heterocycles. The molecule has 0 bridgehead atoms. The first-order valence-corrected chi connectivity index (χ1v) is 8.84. The number of likely N-dealkylation sites (N-methyl/N-ethyl adjacent to an activating group) is 1. The van der Waals surface area contributed by atoms with Gasteiger partial charge in [-0.15, -0.1) is 12.4 Å². The zero-order chi connectivity index (χ0) is 18.6. The third-order valence-electron chi connectivity index (χ3n) is 4.98. The van der Waals surface area contributed by atoms with Gasteiger partial charge in [-0.3, -0.25) is 14.3 Å². The van der Waals surface area contributed by atoms with Crippen LogP contribution in [0.3, 0.4) is 0 Å². The Balaban J connectivity index is 0.00000261. The summed E-state index contributed by atoms with van der Waals surface area (Å²) in [7, 11) is 3.43. The van der Waals surface area contributed by atoms with Gasteiger partial charge in [-0.05, 0) is 49.7 Å². The Morgan fingerprint density at radius 1 is 1.26 bits per heavy atom. The minimum Gasteiger partial charge on any atom is -0.355 e. The summed E-state index contributed by atoms with van der Waals surface area (Å²) in [5.74, 6) is -0.0496. The molecule has 0 atom stereocenters. The minimum absolute atomic E-state index is 0. The second-order valence-electron chi connectivity index (χ2n) is 6.67. The molecular formula is C19H26ClN5O2. The van der Waals surface area contributed by atoms with Crippen LogP contribution in [0.1, 0.15) is 28.8 Å². The molecule has 0 radical (unpaired) electrons. The van der Waals surface area contributed by atoms with Crippen LogP contribution in [0, 0.1) is 0 Å². The van der Waals surface area contributed by atoms with Crippen molar-refractivity contribution < 1.29 is 9.59 Å². The van der Waals surface area contributed by atoms with Crippen molar-refractivity contribution >= 4 is 24.2 Å². The summed E-state index contributed by atoms with van der Waals surface area (Å²) in [6, 6.07) is 9.18. The van der Waals surface area contributed by atoms with Crippen molar-refractivity contribution in [1.29, 1.82) is 0 Å². The molecule has 27 heavy (non-hydrogen) atoms. The summed E-state index contributed by atoms with van der Waals surface area (Å²) >= 11 is 0. The van der Waals surface area contributed by atoms with E-state index in [4.69, 9.17) is 0 Å². The Hall–Kier alpha value is -2.38. The zero-order valence-corrected chi connectivity index (χ0v) is 16.5. The highest BCUT2D eigenvalue weighted by Gasteiger charge is 2.43. The van der Waals surface area contributed by atoms with Gasteiger partial charge in [0.05, 0.1) is 0 Å². The molecule has 2 aromatic rings. The number of rotatable bonds is 5. The third-order valence-corrected chi connectivity index (χ3v) is 4.98. The van der Waals surface area contributed by atoms with Crippen LogP contribution in [-0.4, -0.2) is 53.7 Å². The fourth-order valence-electron chi connectivity index (χ4n) is 3.51. The van der Waals surface area contributed by atoms with Crippen LogP contribution >= 0.6 is 12.4 Å². The van der Waals surface area contributed by atoms with Crippen LogP contribution in [0.5, 0.6) is 0 Å². The molecule has 0 aliphatic carbocycles. The Morgan fingerprint density at radius 2 is 1.93 bits per heavy atom. The first kappa shape index (κ1) is 20.9. The maximum Gasteiger partial charge on any atom is 0.251 e. The lowest BCUT2D eigenvalue weighted by Crippen LogP contribution is -2.54. The Bertz CT molecular complexity index is 755. The summed E-state index contributed by atoms with van der Waals surface area (Å²) in [5, 5.41) is 10.3. The summed E-state index contributed by atoms with van der Waals surface area (Å²) in [4.78, 5) is 26.7. The van der Waals surface area contributed by atoms with Gasteiger partial charge in [0.25, 0.3) is 11.8 Å². The van der Waals surface area contributed by atoms with E-state index < -0.39 is 5.54 Å². The van der Waals surface area contributed by atoms with Crippen molar-refractivity contribution in [2.24, 2.45) is 0 Å². The van der Waals surface area contributed by atoms with Crippen LogP contribution in [0.15, 0.2) is 42.7 Å². The molecule has 1 fully saturated rings. The number of hydrogen-bond donors (Lipinski definition) is 2. The van der Waals surface area contributed by atoms with Gasteiger partial charge in [-0.2, -0.15) is 5.10 Å². The molecule has 8 heteroatoms. The van der Waals surface area contributed by atoms with E-state index in [0.717, 1.165) is 18.7 Å².